The monoisotopic (exact) mass is 384 g/mol. The van der Waals surface area contributed by atoms with Crippen LogP contribution < -0.4 is 15.1 Å². The summed E-state index contributed by atoms with van der Waals surface area (Å²) < 4.78 is 0. The minimum atomic E-state index is -0.159. The lowest BCUT2D eigenvalue weighted by atomic mass is 10.2. The van der Waals surface area contributed by atoms with Crippen LogP contribution in [-0.2, 0) is 9.59 Å². The summed E-state index contributed by atoms with van der Waals surface area (Å²) in [6, 6.07) is 15.2. The maximum absolute atomic E-state index is 12.8. The van der Waals surface area contributed by atoms with Crippen molar-refractivity contribution >= 4 is 40.5 Å². The second-order valence-electron chi connectivity index (χ2n) is 6.79. The zero-order chi connectivity index (χ0) is 18.8. The number of benzene rings is 2. The van der Waals surface area contributed by atoms with Gasteiger partial charge in [-0.05, 0) is 30.3 Å². The number of nitrogens with zero attached hydrogens (tertiary/aromatic N) is 3. The van der Waals surface area contributed by atoms with E-state index in [1.54, 1.807) is 4.90 Å². The van der Waals surface area contributed by atoms with E-state index < -0.39 is 0 Å². The van der Waals surface area contributed by atoms with Gasteiger partial charge in [-0.15, -0.1) is 0 Å². The number of anilines is 3. The molecule has 140 valence electrons. The molecule has 0 aliphatic carbocycles. The van der Waals surface area contributed by atoms with Crippen LogP contribution in [-0.4, -0.2) is 56.0 Å². The zero-order valence-electron chi connectivity index (χ0n) is 14.9. The Morgan fingerprint density at radius 3 is 2.59 bits per heavy atom. The molecule has 27 heavy (non-hydrogen) atoms. The molecule has 2 aliphatic rings. The van der Waals surface area contributed by atoms with Gasteiger partial charge in [0.25, 0.3) is 0 Å². The van der Waals surface area contributed by atoms with Crippen molar-refractivity contribution in [3.63, 3.8) is 0 Å². The van der Waals surface area contributed by atoms with Crippen LogP contribution in [0.4, 0.5) is 17.1 Å². The minimum Gasteiger partial charge on any atom is -0.369 e. The van der Waals surface area contributed by atoms with Gasteiger partial charge in [0.1, 0.15) is 6.54 Å². The molecule has 4 rings (SSSR count). The first kappa shape index (κ1) is 17.8. The molecule has 0 saturated carbocycles. The molecular formula is C20H21ClN4O2. The Bertz CT molecular complexity index is 865. The van der Waals surface area contributed by atoms with Crippen molar-refractivity contribution in [3.05, 3.63) is 53.6 Å². The molecule has 1 saturated heterocycles. The van der Waals surface area contributed by atoms with Gasteiger partial charge in [0, 0.05) is 36.9 Å². The van der Waals surface area contributed by atoms with E-state index in [9.17, 15) is 9.59 Å². The second kappa shape index (κ2) is 7.58. The lowest BCUT2D eigenvalue weighted by Gasteiger charge is -2.37. The number of para-hydroxylation sites is 2. The van der Waals surface area contributed by atoms with Crippen molar-refractivity contribution in [2.75, 3.05) is 54.4 Å². The van der Waals surface area contributed by atoms with E-state index in [-0.39, 0.29) is 18.4 Å². The topological polar surface area (TPSA) is 55.9 Å². The van der Waals surface area contributed by atoms with E-state index in [0.29, 0.717) is 12.2 Å². The number of nitrogens with one attached hydrogen (secondary N) is 1. The highest BCUT2D eigenvalue weighted by atomic mass is 35.5. The van der Waals surface area contributed by atoms with E-state index >= 15 is 0 Å². The number of fused-ring (bicyclic) bond motifs is 1. The fraction of sp³-hybridized carbons (Fsp3) is 0.300. The smallest absolute Gasteiger partial charge is 0.244 e. The van der Waals surface area contributed by atoms with Gasteiger partial charge >= 0.3 is 0 Å². The van der Waals surface area contributed by atoms with Crippen molar-refractivity contribution in [3.8, 4) is 0 Å². The first-order chi connectivity index (χ1) is 13.1. The SMILES string of the molecule is O=C1CN(C(=O)CN2CCN(c3cccc(Cl)c3)CC2)c2ccccc2N1. The largest absolute Gasteiger partial charge is 0.369 e. The minimum absolute atomic E-state index is 0.0477. The molecule has 0 bridgehead atoms. The van der Waals surface area contributed by atoms with Gasteiger partial charge in [-0.2, -0.15) is 0 Å². The number of rotatable bonds is 3. The Kier molecular flexibility index (Phi) is 5.01. The number of piperazine rings is 1. The van der Waals surface area contributed by atoms with Crippen molar-refractivity contribution in [1.82, 2.24) is 4.90 Å². The highest BCUT2D eigenvalue weighted by Gasteiger charge is 2.28. The summed E-state index contributed by atoms with van der Waals surface area (Å²) in [5, 5.41) is 3.54. The molecule has 0 radical (unpaired) electrons. The van der Waals surface area contributed by atoms with E-state index in [0.717, 1.165) is 42.6 Å². The third-order valence-electron chi connectivity index (χ3n) is 4.98. The molecule has 2 aliphatic heterocycles. The third kappa shape index (κ3) is 3.91. The Morgan fingerprint density at radius 2 is 1.81 bits per heavy atom. The molecule has 6 nitrogen and oxygen atoms in total. The molecule has 0 atom stereocenters. The number of hydrogen-bond donors (Lipinski definition) is 1. The van der Waals surface area contributed by atoms with E-state index in [1.807, 2.05) is 42.5 Å². The first-order valence-electron chi connectivity index (χ1n) is 9.02. The summed E-state index contributed by atoms with van der Waals surface area (Å²) in [6.45, 7) is 3.64. The predicted octanol–water partition coefficient (Wildman–Crippen LogP) is 2.45. The Balaban J connectivity index is 1.38. The maximum atomic E-state index is 12.8. The molecule has 0 unspecified atom stereocenters. The van der Waals surface area contributed by atoms with E-state index in [2.05, 4.69) is 21.2 Å². The maximum Gasteiger partial charge on any atom is 0.244 e. The van der Waals surface area contributed by atoms with Crippen LogP contribution in [0, 0.1) is 0 Å². The van der Waals surface area contributed by atoms with Gasteiger partial charge in [-0.3, -0.25) is 19.4 Å². The molecule has 1 N–H and O–H groups in total. The van der Waals surface area contributed by atoms with E-state index in [1.165, 1.54) is 0 Å². The van der Waals surface area contributed by atoms with Crippen LogP contribution in [0.2, 0.25) is 5.02 Å². The van der Waals surface area contributed by atoms with Crippen LogP contribution in [0.25, 0.3) is 0 Å². The average molecular weight is 385 g/mol. The standard InChI is InChI=1S/C20H21ClN4O2/c21-15-4-3-5-16(12-15)24-10-8-23(9-11-24)14-20(27)25-13-19(26)22-17-6-1-2-7-18(17)25/h1-7,12H,8-11,13-14H2,(H,22,26). The number of halogens is 1. The van der Waals surface area contributed by atoms with Gasteiger partial charge < -0.3 is 10.2 Å². The van der Waals surface area contributed by atoms with Crippen molar-refractivity contribution in [2.45, 2.75) is 0 Å². The average Bonchev–Trinajstić information content (AvgIpc) is 2.68. The highest BCUT2D eigenvalue weighted by molar-refractivity contribution is 6.30. The zero-order valence-corrected chi connectivity index (χ0v) is 15.7. The van der Waals surface area contributed by atoms with Crippen molar-refractivity contribution < 1.29 is 9.59 Å². The Hall–Kier alpha value is -2.57. The Morgan fingerprint density at radius 1 is 1.04 bits per heavy atom. The lowest BCUT2D eigenvalue weighted by Crippen LogP contribution is -2.52. The number of carbonyl (C=O) groups excluding carboxylic acids is 2. The number of carbonyl (C=O) groups is 2. The molecule has 2 heterocycles. The second-order valence-corrected chi connectivity index (χ2v) is 7.22. The van der Waals surface area contributed by atoms with E-state index in [4.69, 9.17) is 11.6 Å². The molecular weight excluding hydrogens is 364 g/mol. The third-order valence-corrected chi connectivity index (χ3v) is 5.21. The number of hydrogen-bond acceptors (Lipinski definition) is 4. The summed E-state index contributed by atoms with van der Waals surface area (Å²) in [7, 11) is 0. The van der Waals surface area contributed by atoms with Crippen LogP contribution >= 0.6 is 11.6 Å². The normalized spacial score (nSPS) is 17.4. The van der Waals surface area contributed by atoms with Crippen molar-refractivity contribution in [2.24, 2.45) is 0 Å². The summed E-state index contributed by atoms with van der Waals surface area (Å²) in [5.41, 5.74) is 2.56. The van der Waals surface area contributed by atoms with Gasteiger partial charge in [-0.1, -0.05) is 29.8 Å². The fourth-order valence-electron chi connectivity index (χ4n) is 3.57. The van der Waals surface area contributed by atoms with Crippen LogP contribution in [0.3, 0.4) is 0 Å². The van der Waals surface area contributed by atoms with Gasteiger partial charge in [0.15, 0.2) is 0 Å². The fourth-order valence-corrected chi connectivity index (χ4v) is 3.75. The molecule has 2 aromatic carbocycles. The first-order valence-corrected chi connectivity index (χ1v) is 9.40. The summed E-state index contributed by atoms with van der Waals surface area (Å²) in [6.07, 6.45) is 0. The van der Waals surface area contributed by atoms with Gasteiger partial charge in [0.05, 0.1) is 17.9 Å². The number of amides is 2. The molecule has 2 amide bonds. The van der Waals surface area contributed by atoms with Crippen LogP contribution in [0.1, 0.15) is 0 Å². The van der Waals surface area contributed by atoms with Gasteiger partial charge in [0.2, 0.25) is 11.8 Å². The summed E-state index contributed by atoms with van der Waals surface area (Å²) in [5.74, 6) is -0.207. The lowest BCUT2D eigenvalue weighted by molar-refractivity contribution is -0.122. The highest BCUT2D eigenvalue weighted by Crippen LogP contribution is 2.29. The van der Waals surface area contributed by atoms with Crippen molar-refractivity contribution in [1.29, 1.82) is 0 Å². The van der Waals surface area contributed by atoms with Gasteiger partial charge in [-0.25, -0.2) is 0 Å². The quantitative estimate of drug-likeness (QED) is 0.883. The van der Waals surface area contributed by atoms with Crippen LogP contribution in [0.5, 0.6) is 0 Å². The summed E-state index contributed by atoms with van der Waals surface area (Å²) >= 11 is 6.08. The molecule has 7 heteroatoms. The Labute approximate surface area is 163 Å². The molecule has 1 fully saturated rings. The van der Waals surface area contributed by atoms with Crippen LogP contribution in [0.15, 0.2) is 48.5 Å². The predicted molar refractivity (Wildman–Crippen MR) is 108 cm³/mol. The molecule has 0 spiro atoms. The molecule has 0 aromatic heterocycles. The molecule has 2 aromatic rings. The summed E-state index contributed by atoms with van der Waals surface area (Å²) in [4.78, 5) is 30.8.